The van der Waals surface area contributed by atoms with Gasteiger partial charge in [-0.15, -0.1) is 0 Å². The molecule has 1 atom stereocenters. The largest absolute Gasteiger partial charge is 0.458 e. The second-order valence-electron chi connectivity index (χ2n) is 6.07. The van der Waals surface area contributed by atoms with Crippen molar-refractivity contribution in [2.45, 2.75) is 45.3 Å². The van der Waals surface area contributed by atoms with E-state index in [-0.39, 0.29) is 11.9 Å². The molecular weight excluding hydrogens is 254 g/mol. The minimum Gasteiger partial charge on any atom is -0.458 e. The fourth-order valence-corrected chi connectivity index (χ4v) is 2.41. The van der Waals surface area contributed by atoms with E-state index in [0.717, 1.165) is 11.1 Å². The maximum absolute atomic E-state index is 12.3. The number of hydrogen-bond acceptors (Lipinski definition) is 3. The maximum Gasteiger partial charge on any atom is 0.329 e. The Labute approximate surface area is 119 Å². The summed E-state index contributed by atoms with van der Waals surface area (Å²) in [5.41, 5.74) is 1.63. The first-order valence-corrected chi connectivity index (χ1v) is 6.82. The number of benzene rings is 1. The molecule has 1 saturated heterocycles. The molecule has 0 bridgehead atoms. The summed E-state index contributed by atoms with van der Waals surface area (Å²) in [7, 11) is 1.67. The Hall–Kier alpha value is -1.84. The number of rotatable bonds is 3. The van der Waals surface area contributed by atoms with Crippen LogP contribution in [0.25, 0.3) is 0 Å². The number of hydrogen-bond donors (Lipinski definition) is 0. The topological polar surface area (TPSA) is 46.6 Å². The molecule has 1 heterocycles. The third kappa shape index (κ3) is 3.18. The van der Waals surface area contributed by atoms with E-state index in [9.17, 15) is 9.59 Å². The Bertz CT molecular complexity index is 519. The smallest absolute Gasteiger partial charge is 0.329 e. The van der Waals surface area contributed by atoms with Gasteiger partial charge in [-0.2, -0.15) is 0 Å². The first-order valence-electron chi connectivity index (χ1n) is 6.82. The third-order valence-electron chi connectivity index (χ3n) is 3.67. The highest BCUT2D eigenvalue weighted by atomic mass is 16.6. The summed E-state index contributed by atoms with van der Waals surface area (Å²) in [6.45, 7) is 5.74. The van der Waals surface area contributed by atoms with Gasteiger partial charge in [-0.05, 0) is 26.3 Å². The zero-order valence-electron chi connectivity index (χ0n) is 12.5. The molecule has 0 aromatic heterocycles. The molecule has 1 amide bonds. The van der Waals surface area contributed by atoms with E-state index in [4.69, 9.17) is 4.74 Å². The Morgan fingerprint density at radius 2 is 1.95 bits per heavy atom. The van der Waals surface area contributed by atoms with E-state index in [2.05, 4.69) is 0 Å². The third-order valence-corrected chi connectivity index (χ3v) is 3.67. The van der Waals surface area contributed by atoms with Crippen LogP contribution in [0.3, 0.4) is 0 Å². The standard InChI is InChI=1S/C16H21NO3/c1-11-5-7-12(8-6-11)9-14(18)17(4)13-10-16(2,3)20-15(13)19/h5-8,13H,9-10H2,1-4H3/t13-/m0/s1. The van der Waals surface area contributed by atoms with Crippen molar-refractivity contribution in [1.82, 2.24) is 4.90 Å². The van der Waals surface area contributed by atoms with Gasteiger partial charge in [0.2, 0.25) is 5.91 Å². The Morgan fingerprint density at radius 1 is 1.35 bits per heavy atom. The van der Waals surface area contributed by atoms with E-state index in [1.54, 1.807) is 7.05 Å². The van der Waals surface area contributed by atoms with Crippen LogP contribution in [0, 0.1) is 6.92 Å². The number of carbonyl (C=O) groups is 2. The zero-order valence-corrected chi connectivity index (χ0v) is 12.5. The van der Waals surface area contributed by atoms with Gasteiger partial charge >= 0.3 is 5.97 Å². The molecule has 0 radical (unpaired) electrons. The van der Waals surface area contributed by atoms with Crippen molar-refractivity contribution in [2.75, 3.05) is 7.05 Å². The molecular formula is C16H21NO3. The number of nitrogens with zero attached hydrogens (tertiary/aromatic N) is 1. The fourth-order valence-electron chi connectivity index (χ4n) is 2.41. The molecule has 108 valence electrons. The van der Waals surface area contributed by atoms with E-state index in [1.807, 2.05) is 45.0 Å². The second kappa shape index (κ2) is 5.27. The number of carbonyl (C=O) groups excluding carboxylic acids is 2. The fraction of sp³-hybridized carbons (Fsp3) is 0.500. The number of ether oxygens (including phenoxy) is 1. The van der Waals surface area contributed by atoms with Crippen LogP contribution in [0.2, 0.25) is 0 Å². The molecule has 0 N–H and O–H groups in total. The predicted octanol–water partition coefficient (Wildman–Crippen LogP) is 2.09. The summed E-state index contributed by atoms with van der Waals surface area (Å²) < 4.78 is 5.27. The van der Waals surface area contributed by atoms with Gasteiger partial charge in [0.25, 0.3) is 0 Å². The minimum atomic E-state index is -0.486. The second-order valence-corrected chi connectivity index (χ2v) is 6.07. The average Bonchev–Trinajstić information content (AvgIpc) is 2.64. The van der Waals surface area contributed by atoms with Crippen LogP contribution >= 0.6 is 0 Å². The van der Waals surface area contributed by atoms with Gasteiger partial charge in [-0.3, -0.25) is 4.79 Å². The predicted molar refractivity (Wildman–Crippen MR) is 76.2 cm³/mol. The quantitative estimate of drug-likeness (QED) is 0.794. The number of likely N-dealkylation sites (N-methyl/N-ethyl adjacent to an activating group) is 1. The van der Waals surface area contributed by atoms with E-state index >= 15 is 0 Å². The van der Waals surface area contributed by atoms with Crippen LogP contribution in [-0.4, -0.2) is 35.5 Å². The van der Waals surface area contributed by atoms with Gasteiger partial charge in [0.1, 0.15) is 11.6 Å². The van der Waals surface area contributed by atoms with Crippen molar-refractivity contribution in [3.05, 3.63) is 35.4 Å². The van der Waals surface area contributed by atoms with E-state index in [0.29, 0.717) is 12.8 Å². The Balaban J connectivity index is 2.02. The van der Waals surface area contributed by atoms with Crippen LogP contribution in [0.5, 0.6) is 0 Å². The van der Waals surface area contributed by atoms with Gasteiger partial charge in [0.05, 0.1) is 6.42 Å². The molecule has 1 aliphatic rings. The van der Waals surface area contributed by atoms with Crippen LogP contribution in [-0.2, 0) is 20.7 Å². The molecule has 1 aliphatic heterocycles. The summed E-state index contributed by atoms with van der Waals surface area (Å²) >= 11 is 0. The molecule has 20 heavy (non-hydrogen) atoms. The van der Waals surface area contributed by atoms with Crippen molar-refractivity contribution < 1.29 is 14.3 Å². The lowest BCUT2D eigenvalue weighted by Gasteiger charge is -2.22. The first-order chi connectivity index (χ1) is 9.28. The van der Waals surface area contributed by atoms with E-state index in [1.165, 1.54) is 4.90 Å². The molecule has 1 fully saturated rings. The number of amides is 1. The molecule has 0 unspecified atom stereocenters. The van der Waals surface area contributed by atoms with Crippen molar-refractivity contribution in [2.24, 2.45) is 0 Å². The van der Waals surface area contributed by atoms with Crippen molar-refractivity contribution in [1.29, 1.82) is 0 Å². The summed E-state index contributed by atoms with van der Waals surface area (Å²) in [5.74, 6) is -0.372. The van der Waals surface area contributed by atoms with Gasteiger partial charge in [-0.25, -0.2) is 4.79 Å². The Morgan fingerprint density at radius 3 is 2.45 bits per heavy atom. The minimum absolute atomic E-state index is 0.0616. The molecule has 2 rings (SSSR count). The lowest BCUT2D eigenvalue weighted by Crippen LogP contribution is -2.41. The van der Waals surface area contributed by atoms with Crippen LogP contribution in [0.1, 0.15) is 31.4 Å². The van der Waals surface area contributed by atoms with Crippen molar-refractivity contribution in [3.8, 4) is 0 Å². The van der Waals surface area contributed by atoms with Crippen LogP contribution < -0.4 is 0 Å². The highest BCUT2D eigenvalue weighted by Gasteiger charge is 2.43. The highest BCUT2D eigenvalue weighted by molar-refractivity contribution is 5.86. The number of aryl methyl sites for hydroxylation is 1. The molecule has 1 aromatic carbocycles. The molecule has 0 spiro atoms. The normalized spacial score (nSPS) is 20.6. The van der Waals surface area contributed by atoms with Gasteiger partial charge in [0, 0.05) is 13.5 Å². The number of esters is 1. The van der Waals surface area contributed by atoms with Crippen molar-refractivity contribution in [3.63, 3.8) is 0 Å². The lowest BCUT2D eigenvalue weighted by molar-refractivity contribution is -0.151. The molecule has 1 aromatic rings. The summed E-state index contributed by atoms with van der Waals surface area (Å²) in [6.07, 6.45) is 0.850. The van der Waals surface area contributed by atoms with Crippen molar-refractivity contribution >= 4 is 11.9 Å². The monoisotopic (exact) mass is 275 g/mol. The molecule has 4 nitrogen and oxygen atoms in total. The lowest BCUT2D eigenvalue weighted by atomic mass is 10.0. The summed E-state index contributed by atoms with van der Waals surface area (Å²) in [4.78, 5) is 25.6. The molecule has 4 heteroatoms. The molecule has 0 aliphatic carbocycles. The molecule has 0 saturated carbocycles. The van der Waals surface area contributed by atoms with Gasteiger partial charge in [-0.1, -0.05) is 29.8 Å². The van der Waals surface area contributed by atoms with Gasteiger partial charge < -0.3 is 9.64 Å². The van der Waals surface area contributed by atoms with Crippen LogP contribution in [0.4, 0.5) is 0 Å². The SMILES string of the molecule is Cc1ccc(CC(=O)N(C)[C@H]2CC(C)(C)OC2=O)cc1. The van der Waals surface area contributed by atoms with E-state index < -0.39 is 11.6 Å². The highest BCUT2D eigenvalue weighted by Crippen LogP contribution is 2.28. The summed E-state index contributed by atoms with van der Waals surface area (Å²) in [5, 5.41) is 0. The Kier molecular flexibility index (Phi) is 3.84. The maximum atomic E-state index is 12.3. The summed E-state index contributed by atoms with van der Waals surface area (Å²) in [6, 6.07) is 7.38. The van der Waals surface area contributed by atoms with Gasteiger partial charge in [0.15, 0.2) is 0 Å². The van der Waals surface area contributed by atoms with Crippen LogP contribution in [0.15, 0.2) is 24.3 Å². The average molecular weight is 275 g/mol. The first kappa shape index (κ1) is 14.6. The number of cyclic esters (lactones) is 1. The zero-order chi connectivity index (χ0) is 14.9.